The van der Waals surface area contributed by atoms with Crippen LogP contribution >= 0.6 is 0 Å². The van der Waals surface area contributed by atoms with Gasteiger partial charge in [-0.3, -0.25) is 9.10 Å². The molecule has 0 aliphatic heterocycles. The van der Waals surface area contributed by atoms with Crippen molar-refractivity contribution in [2.24, 2.45) is 0 Å². The molecule has 0 saturated heterocycles. The van der Waals surface area contributed by atoms with Crippen LogP contribution in [0.15, 0.2) is 24.3 Å². The van der Waals surface area contributed by atoms with Crippen LogP contribution in [-0.4, -0.2) is 45.9 Å². The summed E-state index contributed by atoms with van der Waals surface area (Å²) in [7, 11) is -3.70. The summed E-state index contributed by atoms with van der Waals surface area (Å²) >= 11 is 0. The molecular formula is C16H25FN2O4S. The number of nitrogens with zero attached hydrogens (tertiary/aromatic N) is 1. The zero-order chi connectivity index (χ0) is 18.3. The largest absolute Gasteiger partial charge is 0.379 e. The van der Waals surface area contributed by atoms with Crippen LogP contribution in [0.2, 0.25) is 0 Å². The zero-order valence-electron chi connectivity index (χ0n) is 14.5. The number of halogens is 1. The molecule has 0 radical (unpaired) electrons. The van der Waals surface area contributed by atoms with E-state index in [0.717, 1.165) is 22.7 Å². The average molecular weight is 360 g/mol. The van der Waals surface area contributed by atoms with Crippen LogP contribution in [0.5, 0.6) is 0 Å². The summed E-state index contributed by atoms with van der Waals surface area (Å²) in [4.78, 5) is 12.2. The number of anilines is 1. The van der Waals surface area contributed by atoms with Crippen molar-refractivity contribution in [1.82, 2.24) is 5.32 Å². The number of hydrogen-bond acceptors (Lipinski definition) is 4. The molecule has 24 heavy (non-hydrogen) atoms. The normalized spacial score (nSPS) is 12.9. The number of nitrogens with one attached hydrogen (secondary N) is 1. The van der Waals surface area contributed by atoms with Crippen molar-refractivity contribution in [3.05, 3.63) is 30.1 Å². The fraction of sp³-hybridized carbons (Fsp3) is 0.562. The number of hydrogen-bond donors (Lipinski definition) is 1. The first-order valence-corrected chi connectivity index (χ1v) is 9.62. The molecule has 0 heterocycles. The maximum atomic E-state index is 13.0. The van der Waals surface area contributed by atoms with Crippen molar-refractivity contribution in [2.75, 3.05) is 23.7 Å². The monoisotopic (exact) mass is 360 g/mol. The SMILES string of the molecule is CC(C)OCCCNC(=O)[C@@H](C)N(c1ccc(F)cc1)S(C)(=O)=O. The lowest BCUT2D eigenvalue weighted by Crippen LogP contribution is -2.48. The van der Waals surface area contributed by atoms with Gasteiger partial charge in [0.2, 0.25) is 15.9 Å². The standard InChI is InChI=1S/C16H25FN2O4S/c1-12(2)23-11-5-10-18-16(20)13(3)19(24(4,21)22)15-8-6-14(17)7-9-15/h6-9,12-13H,5,10-11H2,1-4H3,(H,18,20)/t13-/m1/s1. The summed E-state index contributed by atoms with van der Waals surface area (Å²) in [5.41, 5.74) is 0.240. The van der Waals surface area contributed by atoms with Gasteiger partial charge in [-0.15, -0.1) is 0 Å². The summed E-state index contributed by atoms with van der Waals surface area (Å²) in [6, 6.07) is 4.02. The fourth-order valence-electron chi connectivity index (χ4n) is 2.15. The summed E-state index contributed by atoms with van der Waals surface area (Å²) in [6.45, 7) is 6.24. The van der Waals surface area contributed by atoms with Gasteiger partial charge >= 0.3 is 0 Å². The van der Waals surface area contributed by atoms with E-state index in [2.05, 4.69) is 5.32 Å². The first-order valence-electron chi connectivity index (χ1n) is 7.77. The Bertz CT molecular complexity index is 632. The lowest BCUT2D eigenvalue weighted by Gasteiger charge is -2.28. The van der Waals surface area contributed by atoms with Crippen molar-refractivity contribution in [1.29, 1.82) is 0 Å². The highest BCUT2D eigenvalue weighted by Gasteiger charge is 2.28. The van der Waals surface area contributed by atoms with Crippen LogP contribution in [-0.2, 0) is 19.6 Å². The molecule has 0 fully saturated rings. The van der Waals surface area contributed by atoms with Crippen LogP contribution < -0.4 is 9.62 Å². The molecule has 0 unspecified atom stereocenters. The van der Waals surface area contributed by atoms with Gasteiger partial charge in [0.05, 0.1) is 18.0 Å². The van der Waals surface area contributed by atoms with Gasteiger partial charge in [0.15, 0.2) is 0 Å². The number of carbonyl (C=O) groups is 1. The van der Waals surface area contributed by atoms with Crippen LogP contribution in [0.1, 0.15) is 27.2 Å². The average Bonchev–Trinajstić information content (AvgIpc) is 2.47. The van der Waals surface area contributed by atoms with E-state index >= 15 is 0 Å². The van der Waals surface area contributed by atoms with E-state index < -0.39 is 27.8 Å². The highest BCUT2D eigenvalue weighted by Crippen LogP contribution is 2.21. The second kappa shape index (κ2) is 8.98. The lowest BCUT2D eigenvalue weighted by molar-refractivity contribution is -0.121. The Morgan fingerprint density at radius 2 is 1.83 bits per heavy atom. The fourth-order valence-corrected chi connectivity index (χ4v) is 3.32. The first kappa shape index (κ1) is 20.4. The molecule has 1 N–H and O–H groups in total. The van der Waals surface area contributed by atoms with E-state index in [1.165, 1.54) is 19.1 Å². The maximum Gasteiger partial charge on any atom is 0.243 e. The molecule has 1 atom stereocenters. The Balaban J connectivity index is 2.73. The Hall–Kier alpha value is -1.67. The van der Waals surface area contributed by atoms with E-state index in [-0.39, 0.29) is 11.8 Å². The third kappa shape index (κ3) is 6.45. The van der Waals surface area contributed by atoms with E-state index in [4.69, 9.17) is 4.74 Å². The van der Waals surface area contributed by atoms with Crippen LogP contribution in [0.4, 0.5) is 10.1 Å². The molecule has 0 aliphatic rings. The number of carbonyl (C=O) groups excluding carboxylic acids is 1. The number of amides is 1. The minimum Gasteiger partial charge on any atom is -0.379 e. The maximum absolute atomic E-state index is 13.0. The molecule has 0 aromatic heterocycles. The molecule has 0 saturated carbocycles. The smallest absolute Gasteiger partial charge is 0.243 e. The molecule has 0 bridgehead atoms. The number of ether oxygens (including phenoxy) is 1. The lowest BCUT2D eigenvalue weighted by atomic mass is 10.2. The van der Waals surface area contributed by atoms with E-state index in [0.29, 0.717) is 19.6 Å². The minimum absolute atomic E-state index is 0.124. The van der Waals surface area contributed by atoms with Crippen molar-refractivity contribution in [2.45, 2.75) is 39.3 Å². The molecule has 0 aliphatic carbocycles. The third-order valence-electron chi connectivity index (χ3n) is 3.24. The van der Waals surface area contributed by atoms with Gasteiger partial charge in [-0.05, 0) is 51.5 Å². The highest BCUT2D eigenvalue weighted by atomic mass is 32.2. The molecule has 1 aromatic rings. The van der Waals surface area contributed by atoms with E-state index in [1.54, 1.807) is 0 Å². The molecule has 1 rings (SSSR count). The van der Waals surface area contributed by atoms with Gasteiger partial charge in [0.25, 0.3) is 0 Å². The van der Waals surface area contributed by atoms with Gasteiger partial charge in [-0.2, -0.15) is 0 Å². The van der Waals surface area contributed by atoms with Gasteiger partial charge in [0.1, 0.15) is 11.9 Å². The molecular weight excluding hydrogens is 335 g/mol. The topological polar surface area (TPSA) is 75.7 Å². The number of rotatable bonds is 9. The van der Waals surface area contributed by atoms with Gasteiger partial charge in [0, 0.05) is 13.2 Å². The quantitative estimate of drug-likeness (QED) is 0.683. The second-order valence-electron chi connectivity index (χ2n) is 5.78. The Morgan fingerprint density at radius 3 is 2.33 bits per heavy atom. The number of sulfonamides is 1. The minimum atomic E-state index is -3.70. The summed E-state index contributed by atoms with van der Waals surface area (Å²) in [6.07, 6.45) is 1.77. The molecule has 8 heteroatoms. The molecule has 0 spiro atoms. The first-order chi connectivity index (χ1) is 11.1. The van der Waals surface area contributed by atoms with E-state index in [1.807, 2.05) is 13.8 Å². The predicted molar refractivity (Wildman–Crippen MR) is 91.9 cm³/mol. The van der Waals surface area contributed by atoms with Crippen LogP contribution in [0.3, 0.4) is 0 Å². The zero-order valence-corrected chi connectivity index (χ0v) is 15.3. The van der Waals surface area contributed by atoms with E-state index in [9.17, 15) is 17.6 Å². The van der Waals surface area contributed by atoms with Gasteiger partial charge in [-0.1, -0.05) is 0 Å². The predicted octanol–water partition coefficient (Wildman–Crippen LogP) is 1.91. The summed E-state index contributed by atoms with van der Waals surface area (Å²) < 4.78 is 43.5. The van der Waals surface area contributed by atoms with Crippen LogP contribution in [0.25, 0.3) is 0 Å². The van der Waals surface area contributed by atoms with Crippen LogP contribution in [0, 0.1) is 5.82 Å². The van der Waals surface area contributed by atoms with Crippen molar-refractivity contribution in [3.8, 4) is 0 Å². The Morgan fingerprint density at radius 1 is 1.25 bits per heavy atom. The highest BCUT2D eigenvalue weighted by molar-refractivity contribution is 7.92. The third-order valence-corrected chi connectivity index (χ3v) is 4.48. The van der Waals surface area contributed by atoms with Crippen molar-refractivity contribution < 1.29 is 22.3 Å². The van der Waals surface area contributed by atoms with Gasteiger partial charge in [-0.25, -0.2) is 12.8 Å². The molecule has 1 amide bonds. The second-order valence-corrected chi connectivity index (χ2v) is 7.63. The summed E-state index contributed by atoms with van der Waals surface area (Å²) in [5.74, 6) is -0.899. The number of benzene rings is 1. The summed E-state index contributed by atoms with van der Waals surface area (Å²) in [5, 5.41) is 2.69. The molecule has 6 nitrogen and oxygen atoms in total. The molecule has 136 valence electrons. The van der Waals surface area contributed by atoms with Crippen molar-refractivity contribution >= 4 is 21.6 Å². The molecule has 1 aromatic carbocycles. The Kier molecular flexibility index (Phi) is 7.62. The van der Waals surface area contributed by atoms with Gasteiger partial charge < -0.3 is 10.1 Å². The Labute approximate surface area is 143 Å². The van der Waals surface area contributed by atoms with Crippen molar-refractivity contribution in [3.63, 3.8) is 0 Å².